The van der Waals surface area contributed by atoms with Crippen LogP contribution in [-0.2, 0) is 17.9 Å². The van der Waals surface area contributed by atoms with Crippen LogP contribution in [-0.4, -0.2) is 14.5 Å². The smallest absolute Gasteiger partial charge is 0.259 e. The van der Waals surface area contributed by atoms with E-state index in [0.717, 1.165) is 0 Å². The van der Waals surface area contributed by atoms with Crippen LogP contribution >= 0.6 is 11.6 Å². The van der Waals surface area contributed by atoms with Gasteiger partial charge in [0.1, 0.15) is 12.4 Å². The lowest BCUT2D eigenvalue weighted by atomic mass is 10.1. The van der Waals surface area contributed by atoms with Crippen molar-refractivity contribution in [1.82, 2.24) is 0 Å². The van der Waals surface area contributed by atoms with Crippen molar-refractivity contribution in [2.75, 3.05) is 4.72 Å². The fourth-order valence-electron chi connectivity index (χ4n) is 1.84. The highest BCUT2D eigenvalue weighted by molar-refractivity contribution is 7.80. The van der Waals surface area contributed by atoms with Crippen LogP contribution in [0.15, 0.2) is 42.5 Å². The third kappa shape index (κ3) is 4.56. The highest BCUT2D eigenvalue weighted by atomic mass is 35.5. The molecule has 0 aliphatic rings. The first kappa shape index (κ1) is 16.5. The zero-order valence-corrected chi connectivity index (χ0v) is 13.3. The Morgan fingerprint density at radius 2 is 2.09 bits per heavy atom. The zero-order chi connectivity index (χ0) is 16.1. The molecule has 0 amide bonds. The molecule has 2 aromatic carbocycles. The van der Waals surface area contributed by atoms with Crippen LogP contribution in [0, 0.1) is 0 Å². The molecule has 0 spiro atoms. The minimum Gasteiger partial charge on any atom is -0.489 e. The molecule has 0 heterocycles. The van der Waals surface area contributed by atoms with Gasteiger partial charge in [-0.1, -0.05) is 17.7 Å². The van der Waals surface area contributed by atoms with Crippen LogP contribution in [0.2, 0.25) is 5.02 Å². The summed E-state index contributed by atoms with van der Waals surface area (Å²) in [6.45, 7) is 1.58. The molecule has 0 aliphatic heterocycles. The van der Waals surface area contributed by atoms with E-state index in [1.165, 1.54) is 6.92 Å². The Morgan fingerprint density at radius 3 is 2.73 bits per heavy atom. The molecule has 22 heavy (non-hydrogen) atoms. The Balaban J connectivity index is 2.24. The van der Waals surface area contributed by atoms with Gasteiger partial charge in [0, 0.05) is 16.1 Å². The van der Waals surface area contributed by atoms with Crippen LogP contribution < -0.4 is 9.46 Å². The summed E-state index contributed by atoms with van der Waals surface area (Å²) in [5, 5.41) is 0.546. The van der Waals surface area contributed by atoms with Crippen molar-refractivity contribution in [1.29, 1.82) is 0 Å². The summed E-state index contributed by atoms with van der Waals surface area (Å²) >= 11 is 3.68. The molecular weight excluding hydrogens is 326 g/mol. The molecule has 0 saturated carbocycles. The molecule has 116 valence electrons. The van der Waals surface area contributed by atoms with E-state index in [1.807, 2.05) is 0 Å². The number of ether oxygens (including phenoxy) is 1. The van der Waals surface area contributed by atoms with Gasteiger partial charge in [-0.05, 0) is 43.3 Å². The van der Waals surface area contributed by atoms with Crippen molar-refractivity contribution in [3.05, 3.63) is 58.6 Å². The van der Waals surface area contributed by atoms with Gasteiger partial charge < -0.3 is 4.74 Å². The second-order valence-corrected chi connectivity index (χ2v) is 5.66. The maximum absolute atomic E-state index is 11.5. The Hall–Kier alpha value is -1.89. The van der Waals surface area contributed by atoms with Crippen molar-refractivity contribution in [3.63, 3.8) is 0 Å². The average molecular weight is 340 g/mol. The van der Waals surface area contributed by atoms with Gasteiger partial charge in [0.2, 0.25) is 0 Å². The van der Waals surface area contributed by atoms with Crippen molar-refractivity contribution < 1.29 is 18.3 Å². The van der Waals surface area contributed by atoms with Crippen LogP contribution in [0.1, 0.15) is 22.8 Å². The van der Waals surface area contributed by atoms with E-state index in [-0.39, 0.29) is 12.4 Å². The normalized spacial score (nSPS) is 11.8. The number of halogens is 1. The first-order chi connectivity index (χ1) is 10.5. The fraction of sp³-hybridized carbons (Fsp3) is 0.133. The SMILES string of the molecule is CC(=O)c1ccc(NS(=O)O)c(COc2cccc(Cl)c2)c1. The first-order valence-corrected chi connectivity index (χ1v) is 7.84. The predicted octanol–water partition coefficient (Wildman–Crippen LogP) is 3.67. The molecule has 2 N–H and O–H groups in total. The van der Waals surface area contributed by atoms with Gasteiger partial charge in [-0.25, -0.2) is 4.21 Å². The van der Waals surface area contributed by atoms with E-state index in [1.54, 1.807) is 42.5 Å². The van der Waals surface area contributed by atoms with E-state index in [9.17, 15) is 9.00 Å². The summed E-state index contributed by atoms with van der Waals surface area (Å²) in [7, 11) is 0. The molecule has 7 heteroatoms. The number of carbonyl (C=O) groups excluding carboxylic acids is 1. The zero-order valence-electron chi connectivity index (χ0n) is 11.7. The Morgan fingerprint density at radius 1 is 1.32 bits per heavy atom. The van der Waals surface area contributed by atoms with Crippen molar-refractivity contribution in [2.45, 2.75) is 13.5 Å². The van der Waals surface area contributed by atoms with Gasteiger partial charge in [-0.3, -0.25) is 14.1 Å². The molecule has 0 saturated heterocycles. The number of benzene rings is 2. The van der Waals surface area contributed by atoms with Gasteiger partial charge in [0.05, 0.1) is 5.69 Å². The monoisotopic (exact) mass is 339 g/mol. The number of hydrogen-bond acceptors (Lipinski definition) is 3. The first-order valence-electron chi connectivity index (χ1n) is 6.35. The van der Waals surface area contributed by atoms with E-state index in [0.29, 0.717) is 27.6 Å². The maximum atomic E-state index is 11.5. The van der Waals surface area contributed by atoms with Crippen molar-refractivity contribution in [2.24, 2.45) is 0 Å². The van der Waals surface area contributed by atoms with Crippen molar-refractivity contribution in [3.8, 4) is 5.75 Å². The highest BCUT2D eigenvalue weighted by Gasteiger charge is 2.09. The lowest BCUT2D eigenvalue weighted by molar-refractivity contribution is 0.101. The number of anilines is 1. The summed E-state index contributed by atoms with van der Waals surface area (Å²) in [4.78, 5) is 11.5. The Bertz CT molecular complexity index is 720. The summed E-state index contributed by atoms with van der Waals surface area (Å²) in [6, 6.07) is 11.7. The second kappa shape index (κ2) is 7.40. The lowest BCUT2D eigenvalue weighted by Crippen LogP contribution is -2.08. The Kier molecular flexibility index (Phi) is 5.54. The second-order valence-electron chi connectivity index (χ2n) is 4.53. The number of hydrogen-bond donors (Lipinski definition) is 2. The molecular formula is C15H14ClNO4S. The number of nitrogens with one attached hydrogen (secondary N) is 1. The van der Waals surface area contributed by atoms with Gasteiger partial charge in [0.15, 0.2) is 5.78 Å². The summed E-state index contributed by atoms with van der Waals surface area (Å²) in [5.41, 5.74) is 1.52. The summed E-state index contributed by atoms with van der Waals surface area (Å²) in [6.07, 6.45) is 0. The predicted molar refractivity (Wildman–Crippen MR) is 86.6 cm³/mol. The Labute approximate surface area is 135 Å². The molecule has 0 fully saturated rings. The molecule has 1 atom stereocenters. The molecule has 2 aromatic rings. The molecule has 0 aliphatic carbocycles. The molecule has 5 nitrogen and oxygen atoms in total. The molecule has 0 bridgehead atoms. The maximum Gasteiger partial charge on any atom is 0.259 e. The van der Waals surface area contributed by atoms with Crippen molar-refractivity contribution >= 4 is 34.3 Å². The van der Waals surface area contributed by atoms with Gasteiger partial charge in [0.25, 0.3) is 11.3 Å². The molecule has 0 aromatic heterocycles. The van der Waals surface area contributed by atoms with Gasteiger partial charge >= 0.3 is 0 Å². The summed E-state index contributed by atoms with van der Waals surface area (Å²) < 4.78 is 27.9. The number of carbonyl (C=O) groups is 1. The van der Waals surface area contributed by atoms with Crippen LogP contribution in [0.4, 0.5) is 5.69 Å². The number of rotatable bonds is 6. The minimum atomic E-state index is -2.21. The van der Waals surface area contributed by atoms with E-state index < -0.39 is 11.3 Å². The average Bonchev–Trinajstić information content (AvgIpc) is 2.45. The molecule has 0 radical (unpaired) electrons. The largest absolute Gasteiger partial charge is 0.489 e. The standard InChI is InChI=1S/C15H14ClNO4S/c1-10(18)11-5-6-15(17-22(19)20)12(7-11)9-21-14-4-2-3-13(16)8-14/h2-8,17H,9H2,1H3,(H,19,20). The van der Waals surface area contributed by atoms with Gasteiger partial charge in [-0.15, -0.1) is 0 Å². The number of ketones is 1. The fourth-order valence-corrected chi connectivity index (χ4v) is 2.41. The highest BCUT2D eigenvalue weighted by Crippen LogP contribution is 2.23. The van der Waals surface area contributed by atoms with Gasteiger partial charge in [-0.2, -0.15) is 0 Å². The van der Waals surface area contributed by atoms with E-state index >= 15 is 0 Å². The minimum absolute atomic E-state index is 0.0966. The number of Topliss-reactive ketones (excluding diaryl/α,β-unsaturated/α-hetero) is 1. The summed E-state index contributed by atoms with van der Waals surface area (Å²) in [5.74, 6) is 0.470. The molecule has 1 unspecified atom stereocenters. The van der Waals surface area contributed by atoms with Crippen LogP contribution in [0.5, 0.6) is 5.75 Å². The molecule has 2 rings (SSSR count). The van der Waals surface area contributed by atoms with Crippen LogP contribution in [0.3, 0.4) is 0 Å². The van der Waals surface area contributed by atoms with E-state index in [2.05, 4.69) is 4.72 Å². The topological polar surface area (TPSA) is 75.6 Å². The lowest BCUT2D eigenvalue weighted by Gasteiger charge is -2.12. The third-order valence-electron chi connectivity index (χ3n) is 2.90. The third-order valence-corrected chi connectivity index (χ3v) is 3.53. The van der Waals surface area contributed by atoms with E-state index in [4.69, 9.17) is 20.9 Å². The van der Waals surface area contributed by atoms with Crippen LogP contribution in [0.25, 0.3) is 0 Å². The quantitative estimate of drug-likeness (QED) is 0.622.